The number of hydrogen-bond acceptors (Lipinski definition) is 3. The zero-order valence-corrected chi connectivity index (χ0v) is 10.5. The summed E-state index contributed by atoms with van der Waals surface area (Å²) in [4.78, 5) is 24.1. The van der Waals surface area contributed by atoms with Gasteiger partial charge in [0.05, 0.1) is 16.3 Å². The van der Waals surface area contributed by atoms with Gasteiger partial charge in [-0.25, -0.2) is 14.4 Å². The molecule has 4 aromatic rings. The smallest absolute Gasteiger partial charge is 0.266 e. The molecule has 0 saturated carbocycles. The van der Waals surface area contributed by atoms with Crippen LogP contribution in [0.4, 0.5) is 0 Å². The lowest BCUT2D eigenvalue weighted by molar-refractivity contribution is 1.03. The fourth-order valence-corrected chi connectivity index (χ4v) is 2.21. The van der Waals surface area contributed by atoms with Crippen molar-refractivity contribution in [3.8, 4) is 0 Å². The Morgan fingerprint density at radius 2 is 1.95 bits per heavy atom. The molecular formula is C13H9ClN4O. The molecule has 1 N–H and O–H groups in total. The first-order valence-electron chi connectivity index (χ1n) is 5.58. The highest BCUT2D eigenvalue weighted by atomic mass is 35.5. The molecule has 0 spiro atoms. The fourth-order valence-electron chi connectivity index (χ4n) is 2.21. The highest BCUT2D eigenvalue weighted by molar-refractivity contribution is 5.92. The van der Waals surface area contributed by atoms with E-state index in [9.17, 15) is 4.79 Å². The quantitative estimate of drug-likeness (QED) is 0.499. The predicted molar refractivity (Wildman–Crippen MR) is 75.9 cm³/mol. The van der Waals surface area contributed by atoms with Crippen LogP contribution >= 0.6 is 12.4 Å². The Bertz CT molecular complexity index is 957. The standard InChI is InChI=1S/C13H8N4O.ClH/c18-13-8-3-1-2-4-10(8)16-12-9-5-6-14-11(9)15-7-17(12)13;/h1-7,14H;1H. The second kappa shape index (κ2) is 4.07. The van der Waals surface area contributed by atoms with E-state index in [-0.39, 0.29) is 18.0 Å². The van der Waals surface area contributed by atoms with Gasteiger partial charge in [0.1, 0.15) is 12.0 Å². The number of nitrogens with zero attached hydrogens (tertiary/aromatic N) is 3. The Morgan fingerprint density at radius 3 is 2.84 bits per heavy atom. The highest BCUT2D eigenvalue weighted by Crippen LogP contribution is 2.16. The van der Waals surface area contributed by atoms with Gasteiger partial charge in [-0.1, -0.05) is 12.1 Å². The summed E-state index contributed by atoms with van der Waals surface area (Å²) in [5, 5.41) is 1.45. The van der Waals surface area contributed by atoms with Gasteiger partial charge in [-0.15, -0.1) is 12.4 Å². The zero-order valence-electron chi connectivity index (χ0n) is 9.70. The molecule has 0 fully saturated rings. The summed E-state index contributed by atoms with van der Waals surface area (Å²) in [7, 11) is 0. The first-order chi connectivity index (χ1) is 8.84. The summed E-state index contributed by atoms with van der Waals surface area (Å²) >= 11 is 0. The van der Waals surface area contributed by atoms with Crippen molar-refractivity contribution in [2.45, 2.75) is 0 Å². The predicted octanol–water partition coefficient (Wildman–Crippen LogP) is 2.15. The molecule has 0 radical (unpaired) electrons. The van der Waals surface area contributed by atoms with Gasteiger partial charge in [0.15, 0.2) is 5.65 Å². The van der Waals surface area contributed by atoms with Gasteiger partial charge in [0.25, 0.3) is 5.56 Å². The lowest BCUT2D eigenvalue weighted by atomic mass is 10.2. The van der Waals surface area contributed by atoms with E-state index in [1.807, 2.05) is 24.3 Å². The summed E-state index contributed by atoms with van der Waals surface area (Å²) < 4.78 is 1.48. The molecule has 0 aliphatic rings. The third kappa shape index (κ3) is 1.52. The highest BCUT2D eigenvalue weighted by Gasteiger charge is 2.08. The number of para-hydroxylation sites is 1. The Hall–Kier alpha value is -2.40. The molecule has 3 heterocycles. The number of nitrogens with one attached hydrogen (secondary N) is 1. The van der Waals surface area contributed by atoms with Crippen LogP contribution in [-0.2, 0) is 0 Å². The summed E-state index contributed by atoms with van der Waals surface area (Å²) in [5.74, 6) is 0. The average molecular weight is 273 g/mol. The van der Waals surface area contributed by atoms with E-state index in [1.165, 1.54) is 10.7 Å². The second-order valence-electron chi connectivity index (χ2n) is 4.11. The lowest BCUT2D eigenvalue weighted by Crippen LogP contribution is -2.15. The van der Waals surface area contributed by atoms with Gasteiger partial charge in [-0.05, 0) is 18.2 Å². The van der Waals surface area contributed by atoms with Crippen LogP contribution in [0.15, 0.2) is 47.7 Å². The van der Waals surface area contributed by atoms with Gasteiger partial charge in [0.2, 0.25) is 0 Å². The van der Waals surface area contributed by atoms with Crippen molar-refractivity contribution in [1.29, 1.82) is 0 Å². The number of aromatic nitrogens is 4. The van der Waals surface area contributed by atoms with E-state index >= 15 is 0 Å². The molecular weight excluding hydrogens is 264 g/mol. The van der Waals surface area contributed by atoms with Crippen LogP contribution in [0.25, 0.3) is 27.6 Å². The lowest BCUT2D eigenvalue weighted by Gasteiger charge is -2.03. The van der Waals surface area contributed by atoms with Crippen molar-refractivity contribution in [2.75, 3.05) is 0 Å². The van der Waals surface area contributed by atoms with Crippen LogP contribution in [0.2, 0.25) is 0 Å². The number of H-pyrrole nitrogens is 1. The maximum atomic E-state index is 12.3. The number of rotatable bonds is 0. The Balaban J connectivity index is 0.00000110. The molecule has 5 nitrogen and oxygen atoms in total. The van der Waals surface area contributed by atoms with Crippen molar-refractivity contribution in [3.05, 3.63) is 53.2 Å². The largest absolute Gasteiger partial charge is 0.346 e. The molecule has 0 aliphatic heterocycles. The average Bonchev–Trinajstić information content (AvgIpc) is 2.88. The number of benzene rings is 1. The van der Waals surface area contributed by atoms with E-state index in [2.05, 4.69) is 15.0 Å². The minimum absolute atomic E-state index is 0. The van der Waals surface area contributed by atoms with Crippen LogP contribution in [0, 0.1) is 0 Å². The molecule has 6 heteroatoms. The molecule has 4 rings (SSSR count). The number of aromatic amines is 1. The van der Waals surface area contributed by atoms with E-state index in [0.29, 0.717) is 16.6 Å². The Kier molecular flexibility index (Phi) is 2.50. The van der Waals surface area contributed by atoms with E-state index in [4.69, 9.17) is 0 Å². The van der Waals surface area contributed by atoms with Crippen LogP contribution in [0.3, 0.4) is 0 Å². The maximum absolute atomic E-state index is 12.3. The molecule has 3 aromatic heterocycles. The minimum atomic E-state index is -0.0915. The number of halogens is 1. The van der Waals surface area contributed by atoms with Crippen molar-refractivity contribution >= 4 is 40.0 Å². The third-order valence-electron chi connectivity index (χ3n) is 3.08. The summed E-state index contributed by atoms with van der Waals surface area (Å²) in [5.41, 5.74) is 1.98. The van der Waals surface area contributed by atoms with Crippen molar-refractivity contribution in [2.24, 2.45) is 0 Å². The topological polar surface area (TPSA) is 63.0 Å². The summed E-state index contributed by atoms with van der Waals surface area (Å²) in [6, 6.07) is 9.20. The van der Waals surface area contributed by atoms with E-state index in [0.717, 1.165) is 11.0 Å². The molecule has 94 valence electrons. The Morgan fingerprint density at radius 1 is 1.11 bits per heavy atom. The van der Waals surface area contributed by atoms with Gasteiger partial charge in [0, 0.05) is 6.20 Å². The summed E-state index contributed by atoms with van der Waals surface area (Å²) in [6.07, 6.45) is 3.30. The van der Waals surface area contributed by atoms with Crippen LogP contribution < -0.4 is 5.56 Å². The molecule has 0 aliphatic carbocycles. The van der Waals surface area contributed by atoms with Crippen molar-refractivity contribution < 1.29 is 0 Å². The number of hydrogen-bond donors (Lipinski definition) is 1. The van der Waals surface area contributed by atoms with Crippen molar-refractivity contribution in [1.82, 2.24) is 19.4 Å². The zero-order chi connectivity index (χ0) is 12.1. The molecule has 0 unspecified atom stereocenters. The summed E-state index contributed by atoms with van der Waals surface area (Å²) in [6.45, 7) is 0. The first kappa shape index (κ1) is 11.7. The van der Waals surface area contributed by atoms with Crippen LogP contribution in [-0.4, -0.2) is 19.4 Å². The molecule has 0 saturated heterocycles. The van der Waals surface area contributed by atoms with Gasteiger partial charge in [-0.3, -0.25) is 4.79 Å². The van der Waals surface area contributed by atoms with Crippen LogP contribution in [0.1, 0.15) is 0 Å². The molecule has 1 aromatic carbocycles. The van der Waals surface area contributed by atoms with Gasteiger partial charge >= 0.3 is 0 Å². The monoisotopic (exact) mass is 272 g/mol. The normalized spacial score (nSPS) is 10.9. The SMILES string of the molecule is Cl.O=c1c2ccccc2nc2c3cc[nH]c3ncn12. The number of fused-ring (bicyclic) bond motifs is 4. The molecule has 19 heavy (non-hydrogen) atoms. The fraction of sp³-hybridized carbons (Fsp3) is 0. The molecule has 0 atom stereocenters. The van der Waals surface area contributed by atoms with Crippen LogP contribution in [0.5, 0.6) is 0 Å². The molecule has 0 amide bonds. The second-order valence-corrected chi connectivity index (χ2v) is 4.11. The van der Waals surface area contributed by atoms with Crippen molar-refractivity contribution in [3.63, 3.8) is 0 Å². The maximum Gasteiger partial charge on any atom is 0.266 e. The third-order valence-corrected chi connectivity index (χ3v) is 3.08. The minimum Gasteiger partial charge on any atom is -0.346 e. The van der Waals surface area contributed by atoms with E-state index < -0.39 is 0 Å². The van der Waals surface area contributed by atoms with E-state index in [1.54, 1.807) is 12.3 Å². The van der Waals surface area contributed by atoms with Gasteiger partial charge in [-0.2, -0.15) is 0 Å². The Labute approximate surface area is 113 Å². The molecule has 0 bridgehead atoms. The van der Waals surface area contributed by atoms with Gasteiger partial charge < -0.3 is 4.98 Å². The first-order valence-corrected chi connectivity index (χ1v) is 5.58.